The van der Waals surface area contributed by atoms with E-state index in [-0.39, 0.29) is 17.9 Å². The van der Waals surface area contributed by atoms with E-state index in [0.29, 0.717) is 22.2 Å². The van der Waals surface area contributed by atoms with E-state index < -0.39 is 5.60 Å². The third-order valence-corrected chi connectivity index (χ3v) is 5.79. The molecule has 0 aliphatic rings. The van der Waals surface area contributed by atoms with Crippen molar-refractivity contribution in [1.29, 1.82) is 0 Å². The molecule has 0 saturated heterocycles. The number of carbonyl (C=O) groups excluding carboxylic acids is 1. The Bertz CT molecular complexity index is 1050. The average Bonchev–Trinajstić information content (AvgIpc) is 2.74. The molecule has 2 aromatic carbocycles. The fraction of sp³-hybridized carbons (Fsp3) is 0.280. The number of hydrogen-bond donors (Lipinski definition) is 1. The highest BCUT2D eigenvalue weighted by molar-refractivity contribution is 6.30. The van der Waals surface area contributed by atoms with Gasteiger partial charge in [-0.2, -0.15) is 4.73 Å². The van der Waals surface area contributed by atoms with E-state index in [1.54, 1.807) is 50.4 Å². The van der Waals surface area contributed by atoms with Crippen molar-refractivity contribution >= 4 is 29.1 Å². The molecule has 0 radical (unpaired) electrons. The van der Waals surface area contributed by atoms with Gasteiger partial charge in [0.1, 0.15) is 5.75 Å². The van der Waals surface area contributed by atoms with Crippen LogP contribution in [0, 0.1) is 5.21 Å². The van der Waals surface area contributed by atoms with Crippen molar-refractivity contribution in [2.24, 2.45) is 0 Å². The molecule has 0 saturated carbocycles. The smallest absolute Gasteiger partial charge is 0.263 e. The van der Waals surface area contributed by atoms with Crippen molar-refractivity contribution in [3.8, 4) is 5.75 Å². The van der Waals surface area contributed by atoms with Crippen LogP contribution in [0.25, 0.3) is 0 Å². The van der Waals surface area contributed by atoms with E-state index in [1.165, 1.54) is 6.20 Å². The van der Waals surface area contributed by atoms with Crippen LogP contribution in [-0.2, 0) is 11.2 Å². The number of amides is 1. The van der Waals surface area contributed by atoms with Gasteiger partial charge in [0.15, 0.2) is 18.0 Å². The summed E-state index contributed by atoms with van der Waals surface area (Å²) in [6.07, 6.45) is 3.61. The zero-order chi connectivity index (χ0) is 23.3. The lowest BCUT2D eigenvalue weighted by atomic mass is 9.87. The first-order chi connectivity index (χ1) is 15.1. The number of ether oxygens (including phenoxy) is 1. The van der Waals surface area contributed by atoms with Gasteiger partial charge >= 0.3 is 0 Å². The maximum Gasteiger partial charge on any atom is 0.263 e. The minimum atomic E-state index is -1.11. The van der Waals surface area contributed by atoms with E-state index in [4.69, 9.17) is 27.9 Å². The predicted molar refractivity (Wildman–Crippen MR) is 127 cm³/mol. The molecule has 1 heterocycles. The molecule has 1 aromatic heterocycles. The minimum Gasteiger partial charge on any atom is -0.619 e. The summed E-state index contributed by atoms with van der Waals surface area (Å²) < 4.78 is 6.69. The largest absolute Gasteiger partial charge is 0.619 e. The van der Waals surface area contributed by atoms with E-state index in [0.717, 1.165) is 15.9 Å². The molecule has 7 heteroatoms. The molecule has 0 spiro atoms. The van der Waals surface area contributed by atoms with Gasteiger partial charge in [0.2, 0.25) is 0 Å². The molecule has 168 valence electrons. The fourth-order valence-electron chi connectivity index (χ4n) is 3.47. The molecule has 5 nitrogen and oxygen atoms in total. The summed E-state index contributed by atoms with van der Waals surface area (Å²) in [5.41, 5.74) is 0.780. The van der Waals surface area contributed by atoms with E-state index in [1.807, 2.05) is 37.3 Å². The molecule has 1 amide bonds. The highest BCUT2D eigenvalue weighted by atomic mass is 35.5. The molecule has 0 aliphatic heterocycles. The van der Waals surface area contributed by atoms with Crippen LogP contribution >= 0.6 is 23.2 Å². The lowest BCUT2D eigenvalue weighted by Gasteiger charge is -2.30. The van der Waals surface area contributed by atoms with Crippen LogP contribution in [0.2, 0.25) is 10.0 Å². The summed E-state index contributed by atoms with van der Waals surface area (Å²) in [7, 11) is 0. The average molecular weight is 473 g/mol. The summed E-state index contributed by atoms with van der Waals surface area (Å²) in [6, 6.07) is 17.8. The number of rotatable bonds is 8. The molecule has 1 N–H and O–H groups in total. The Labute approximate surface area is 198 Å². The number of pyridine rings is 1. The molecule has 3 rings (SSSR count). The highest BCUT2D eigenvalue weighted by Crippen LogP contribution is 2.26. The first kappa shape index (κ1) is 23.9. The van der Waals surface area contributed by atoms with Crippen molar-refractivity contribution in [2.45, 2.75) is 44.8 Å². The normalized spacial score (nSPS) is 13.3. The summed E-state index contributed by atoms with van der Waals surface area (Å²) in [4.78, 5) is 13.1. The fourth-order valence-corrected chi connectivity index (χ4v) is 3.73. The van der Waals surface area contributed by atoms with Crippen LogP contribution in [-0.4, -0.2) is 17.6 Å². The van der Waals surface area contributed by atoms with Crippen LogP contribution in [0.5, 0.6) is 5.75 Å². The SMILES string of the molecule is CC(NC(=O)C(C)(C)Oc1ccc(Cl)cc1)C(Cc1ccc(Cl)cc1)c1ccc[n+]([O-])c1. The van der Waals surface area contributed by atoms with Crippen molar-refractivity contribution in [1.82, 2.24) is 5.32 Å². The Hall–Kier alpha value is -2.76. The maximum absolute atomic E-state index is 13.1. The van der Waals surface area contributed by atoms with Gasteiger partial charge in [-0.3, -0.25) is 4.79 Å². The number of halogens is 2. The molecule has 3 aromatic rings. The second-order valence-corrected chi connectivity index (χ2v) is 9.14. The monoisotopic (exact) mass is 472 g/mol. The predicted octanol–water partition coefficient (Wildman–Crippen LogP) is 5.32. The second-order valence-electron chi connectivity index (χ2n) is 8.26. The topological polar surface area (TPSA) is 65.3 Å². The van der Waals surface area contributed by atoms with E-state index in [2.05, 4.69) is 5.32 Å². The summed E-state index contributed by atoms with van der Waals surface area (Å²) >= 11 is 11.9. The van der Waals surface area contributed by atoms with Crippen LogP contribution in [0.1, 0.15) is 37.8 Å². The Morgan fingerprint density at radius 3 is 2.25 bits per heavy atom. The molecule has 0 bridgehead atoms. The van der Waals surface area contributed by atoms with Crippen LogP contribution in [0.15, 0.2) is 73.1 Å². The van der Waals surface area contributed by atoms with Gasteiger partial charge in [0.05, 0.1) is 0 Å². The Kier molecular flexibility index (Phi) is 7.64. The van der Waals surface area contributed by atoms with Crippen LogP contribution < -0.4 is 14.8 Å². The first-order valence-electron chi connectivity index (χ1n) is 10.3. The van der Waals surface area contributed by atoms with Gasteiger partial charge in [0, 0.05) is 33.6 Å². The first-order valence-corrected chi connectivity index (χ1v) is 11.1. The van der Waals surface area contributed by atoms with Crippen LogP contribution in [0.3, 0.4) is 0 Å². The third kappa shape index (κ3) is 6.38. The number of hydrogen-bond acceptors (Lipinski definition) is 3. The van der Waals surface area contributed by atoms with Crippen LogP contribution in [0.4, 0.5) is 0 Å². The maximum atomic E-state index is 13.1. The quantitative estimate of drug-likeness (QED) is 0.356. The Morgan fingerprint density at radius 2 is 1.66 bits per heavy atom. The Balaban J connectivity index is 1.78. The van der Waals surface area contributed by atoms with Crippen molar-refractivity contribution in [3.63, 3.8) is 0 Å². The highest BCUT2D eigenvalue weighted by Gasteiger charge is 2.33. The number of benzene rings is 2. The molecule has 0 aliphatic carbocycles. The van der Waals surface area contributed by atoms with Gasteiger partial charge in [-0.1, -0.05) is 35.3 Å². The lowest BCUT2D eigenvalue weighted by Crippen LogP contribution is -2.51. The van der Waals surface area contributed by atoms with Crippen molar-refractivity contribution in [3.05, 3.63) is 99.4 Å². The van der Waals surface area contributed by atoms with Crippen molar-refractivity contribution in [2.75, 3.05) is 0 Å². The second kappa shape index (κ2) is 10.2. The Morgan fingerprint density at radius 1 is 1.06 bits per heavy atom. The molecular weight excluding hydrogens is 447 g/mol. The number of nitrogens with one attached hydrogen (secondary N) is 1. The zero-order valence-corrected chi connectivity index (χ0v) is 19.7. The number of carbonyl (C=O) groups is 1. The summed E-state index contributed by atoms with van der Waals surface area (Å²) in [5, 5.41) is 16.2. The number of nitrogens with zero attached hydrogens (tertiary/aromatic N) is 1. The van der Waals surface area contributed by atoms with Gasteiger partial charge < -0.3 is 15.3 Å². The standard InChI is InChI=1S/C25H26Cl2N2O3/c1-17(28-24(30)25(2,3)32-22-12-10-21(27)11-13-22)23(19-5-4-14-29(31)16-19)15-18-6-8-20(26)9-7-18/h4-14,16-17,23H,15H2,1-3H3,(H,28,30). The molecule has 32 heavy (non-hydrogen) atoms. The van der Waals surface area contributed by atoms with Gasteiger partial charge in [-0.05, 0) is 75.2 Å². The third-order valence-electron chi connectivity index (χ3n) is 5.29. The molecule has 2 unspecified atom stereocenters. The lowest BCUT2D eigenvalue weighted by molar-refractivity contribution is -0.606. The molecular formula is C25H26Cl2N2O3. The van der Waals surface area contributed by atoms with E-state index in [9.17, 15) is 10.0 Å². The van der Waals surface area contributed by atoms with Gasteiger partial charge in [-0.25, -0.2) is 0 Å². The summed E-state index contributed by atoms with van der Waals surface area (Å²) in [5.74, 6) is 0.162. The molecule has 2 atom stereocenters. The zero-order valence-electron chi connectivity index (χ0n) is 18.2. The van der Waals surface area contributed by atoms with Gasteiger partial charge in [0.25, 0.3) is 5.91 Å². The van der Waals surface area contributed by atoms with Crippen molar-refractivity contribution < 1.29 is 14.3 Å². The minimum absolute atomic E-state index is 0.132. The summed E-state index contributed by atoms with van der Waals surface area (Å²) in [6.45, 7) is 5.36. The molecule has 0 fully saturated rings. The van der Waals surface area contributed by atoms with E-state index >= 15 is 0 Å². The number of aromatic nitrogens is 1. The van der Waals surface area contributed by atoms with Gasteiger partial charge in [-0.15, -0.1) is 0 Å².